The van der Waals surface area contributed by atoms with Gasteiger partial charge in [-0.2, -0.15) is 0 Å². The molecule has 0 heterocycles. The summed E-state index contributed by atoms with van der Waals surface area (Å²) in [6, 6.07) is 7.83. The maximum absolute atomic E-state index is 11.8. The van der Waals surface area contributed by atoms with Crippen molar-refractivity contribution in [2.75, 3.05) is 20.2 Å². The molecule has 1 rings (SSSR count). The van der Waals surface area contributed by atoms with Crippen molar-refractivity contribution in [3.63, 3.8) is 0 Å². The molecule has 2 amide bonds. The van der Waals surface area contributed by atoms with Gasteiger partial charge < -0.3 is 15.4 Å². The molecule has 8 heteroatoms. The van der Waals surface area contributed by atoms with E-state index < -0.39 is 11.9 Å². The Labute approximate surface area is 147 Å². The summed E-state index contributed by atoms with van der Waals surface area (Å²) in [6.07, 6.45) is 0. The van der Waals surface area contributed by atoms with Crippen molar-refractivity contribution in [2.24, 2.45) is 0 Å². The van der Waals surface area contributed by atoms with E-state index in [0.717, 1.165) is 10.0 Å². The number of thioether (sulfide) groups is 1. The third-order valence-corrected chi connectivity index (χ3v) is 4.54. The summed E-state index contributed by atoms with van der Waals surface area (Å²) in [6.45, 7) is 1.20. The number of amides is 2. The first-order valence-corrected chi connectivity index (χ1v) is 8.76. The topological polar surface area (TPSA) is 84.5 Å². The minimum atomic E-state index is -0.507. The van der Waals surface area contributed by atoms with Gasteiger partial charge in [-0.1, -0.05) is 28.1 Å². The van der Waals surface area contributed by atoms with Crippen LogP contribution >= 0.6 is 27.7 Å². The van der Waals surface area contributed by atoms with Gasteiger partial charge in [-0.3, -0.25) is 14.4 Å². The predicted molar refractivity (Wildman–Crippen MR) is 92.9 cm³/mol. The van der Waals surface area contributed by atoms with Crippen molar-refractivity contribution in [1.29, 1.82) is 0 Å². The largest absolute Gasteiger partial charge is 0.455 e. The van der Waals surface area contributed by atoms with Gasteiger partial charge in [-0.05, 0) is 24.6 Å². The van der Waals surface area contributed by atoms with Gasteiger partial charge in [0, 0.05) is 17.3 Å². The highest BCUT2D eigenvalue weighted by atomic mass is 79.9. The number of halogens is 1. The van der Waals surface area contributed by atoms with E-state index >= 15 is 0 Å². The fraction of sp³-hybridized carbons (Fsp3) is 0.400. The Hall–Kier alpha value is -1.54. The average molecular weight is 403 g/mol. The van der Waals surface area contributed by atoms with Crippen LogP contribution in [0.3, 0.4) is 0 Å². The number of hydrogen-bond acceptors (Lipinski definition) is 5. The number of carbonyl (C=O) groups excluding carboxylic acids is 3. The summed E-state index contributed by atoms with van der Waals surface area (Å²) in [5.41, 5.74) is 1.10. The van der Waals surface area contributed by atoms with Gasteiger partial charge >= 0.3 is 5.97 Å². The van der Waals surface area contributed by atoms with E-state index in [1.54, 1.807) is 6.92 Å². The average Bonchev–Trinajstić information content (AvgIpc) is 2.56. The second-order valence-corrected chi connectivity index (χ2v) is 6.88. The molecule has 0 bridgehead atoms. The van der Waals surface area contributed by atoms with Gasteiger partial charge in [0.1, 0.15) is 0 Å². The van der Waals surface area contributed by atoms with Gasteiger partial charge in [0.15, 0.2) is 6.61 Å². The van der Waals surface area contributed by atoms with Crippen molar-refractivity contribution in [2.45, 2.75) is 17.9 Å². The molecule has 0 saturated carbocycles. The van der Waals surface area contributed by atoms with Crippen LogP contribution in [0, 0.1) is 0 Å². The molecule has 6 nitrogen and oxygen atoms in total. The molecule has 126 valence electrons. The number of benzene rings is 1. The van der Waals surface area contributed by atoms with Gasteiger partial charge in [-0.15, -0.1) is 11.8 Å². The lowest BCUT2D eigenvalue weighted by Crippen LogP contribution is -2.37. The van der Waals surface area contributed by atoms with Gasteiger partial charge in [0.25, 0.3) is 5.91 Å². The molecule has 23 heavy (non-hydrogen) atoms. The van der Waals surface area contributed by atoms with Crippen LogP contribution in [0.4, 0.5) is 0 Å². The van der Waals surface area contributed by atoms with E-state index in [0.29, 0.717) is 5.75 Å². The second kappa shape index (κ2) is 10.3. The summed E-state index contributed by atoms with van der Waals surface area (Å²) < 4.78 is 5.93. The minimum absolute atomic E-state index is 0.138. The van der Waals surface area contributed by atoms with Gasteiger partial charge in [0.05, 0.1) is 11.8 Å². The molecule has 1 atom stereocenters. The second-order valence-electron chi connectivity index (χ2n) is 4.64. The molecule has 0 fully saturated rings. The Morgan fingerprint density at radius 1 is 1.22 bits per heavy atom. The van der Waals surface area contributed by atoms with Crippen LogP contribution in [-0.2, 0) is 24.9 Å². The van der Waals surface area contributed by atoms with E-state index in [2.05, 4.69) is 26.6 Å². The Balaban J connectivity index is 2.26. The van der Waals surface area contributed by atoms with E-state index in [9.17, 15) is 14.4 Å². The fourth-order valence-electron chi connectivity index (χ4n) is 1.44. The molecule has 0 aromatic heterocycles. The summed E-state index contributed by atoms with van der Waals surface area (Å²) in [5, 5.41) is 4.34. The van der Waals surface area contributed by atoms with Crippen molar-refractivity contribution >= 4 is 45.5 Å². The Bertz CT molecular complexity index is 551. The lowest BCUT2D eigenvalue weighted by Gasteiger charge is -2.11. The molecule has 1 aromatic carbocycles. The summed E-state index contributed by atoms with van der Waals surface area (Å²) in [5.74, 6) is -0.607. The smallest absolute Gasteiger partial charge is 0.319 e. The number of rotatable bonds is 8. The summed E-state index contributed by atoms with van der Waals surface area (Å²) in [4.78, 5) is 34.2. The normalized spacial score (nSPS) is 11.4. The molecular weight excluding hydrogens is 384 g/mol. The van der Waals surface area contributed by atoms with Crippen LogP contribution in [0.15, 0.2) is 28.7 Å². The number of likely N-dealkylation sites (N-methyl/N-ethyl adjacent to an activating group) is 1. The standard InChI is InChI=1S/C15H19BrN2O4S/c1-10(23-9-11-3-5-12(16)6-4-11)15(21)22-8-14(20)18-7-13(19)17-2/h3-6,10H,7-9H2,1-2H3,(H,17,19)(H,18,20)/t10-/m1/s1. The zero-order chi connectivity index (χ0) is 17.2. The van der Waals surface area contributed by atoms with Crippen LogP contribution < -0.4 is 10.6 Å². The SMILES string of the molecule is CNC(=O)CNC(=O)COC(=O)[C@@H](C)SCc1ccc(Br)cc1. The van der Waals surface area contributed by atoms with E-state index in [1.807, 2.05) is 24.3 Å². The molecule has 2 N–H and O–H groups in total. The molecular formula is C15H19BrN2O4S. The maximum atomic E-state index is 11.8. The number of esters is 1. The zero-order valence-corrected chi connectivity index (χ0v) is 15.3. The van der Waals surface area contributed by atoms with Crippen LogP contribution in [0.5, 0.6) is 0 Å². The molecule has 0 aliphatic heterocycles. The molecule has 0 spiro atoms. The van der Waals surface area contributed by atoms with Crippen molar-refractivity contribution < 1.29 is 19.1 Å². The maximum Gasteiger partial charge on any atom is 0.319 e. The van der Waals surface area contributed by atoms with Gasteiger partial charge in [-0.25, -0.2) is 0 Å². The molecule has 0 aliphatic carbocycles. The minimum Gasteiger partial charge on any atom is -0.455 e. The third-order valence-electron chi connectivity index (χ3n) is 2.82. The first-order valence-electron chi connectivity index (χ1n) is 6.92. The number of hydrogen-bond donors (Lipinski definition) is 2. The molecule has 0 aliphatic rings. The molecule has 0 unspecified atom stereocenters. The van der Waals surface area contributed by atoms with Crippen LogP contribution in [0.25, 0.3) is 0 Å². The number of carbonyl (C=O) groups is 3. The predicted octanol–water partition coefficient (Wildman–Crippen LogP) is 1.48. The monoisotopic (exact) mass is 402 g/mol. The first-order chi connectivity index (χ1) is 10.9. The highest BCUT2D eigenvalue weighted by Gasteiger charge is 2.16. The highest BCUT2D eigenvalue weighted by Crippen LogP contribution is 2.20. The third kappa shape index (κ3) is 8.03. The fourth-order valence-corrected chi connectivity index (χ4v) is 2.55. The van der Waals surface area contributed by atoms with Crippen LogP contribution in [0.2, 0.25) is 0 Å². The lowest BCUT2D eigenvalue weighted by atomic mass is 10.2. The van der Waals surface area contributed by atoms with Crippen LogP contribution in [0.1, 0.15) is 12.5 Å². The van der Waals surface area contributed by atoms with Crippen molar-refractivity contribution in [1.82, 2.24) is 10.6 Å². The van der Waals surface area contributed by atoms with E-state index in [1.165, 1.54) is 18.8 Å². The molecule has 1 aromatic rings. The Morgan fingerprint density at radius 2 is 1.87 bits per heavy atom. The Kier molecular flexibility index (Phi) is 8.71. The lowest BCUT2D eigenvalue weighted by molar-refractivity contribution is -0.147. The van der Waals surface area contributed by atoms with Crippen molar-refractivity contribution in [3.05, 3.63) is 34.3 Å². The zero-order valence-electron chi connectivity index (χ0n) is 12.9. The van der Waals surface area contributed by atoms with Crippen molar-refractivity contribution in [3.8, 4) is 0 Å². The molecule has 0 radical (unpaired) electrons. The van der Waals surface area contributed by atoms with E-state index in [-0.39, 0.29) is 24.3 Å². The highest BCUT2D eigenvalue weighted by molar-refractivity contribution is 9.10. The summed E-state index contributed by atoms with van der Waals surface area (Å²) >= 11 is 4.80. The van der Waals surface area contributed by atoms with Crippen LogP contribution in [-0.4, -0.2) is 43.2 Å². The number of ether oxygens (including phenoxy) is 1. The first kappa shape index (κ1) is 19.5. The van der Waals surface area contributed by atoms with E-state index in [4.69, 9.17) is 4.74 Å². The molecule has 0 saturated heterocycles. The van der Waals surface area contributed by atoms with Gasteiger partial charge in [0.2, 0.25) is 5.91 Å². The number of nitrogens with one attached hydrogen (secondary N) is 2. The quantitative estimate of drug-likeness (QED) is 0.643. The summed E-state index contributed by atoms with van der Waals surface area (Å²) in [7, 11) is 1.47. The Morgan fingerprint density at radius 3 is 2.48 bits per heavy atom.